The molecule has 4 heteroatoms. The number of hydrogen-bond acceptors (Lipinski definition) is 3. The minimum absolute atomic E-state index is 0.700. The van der Waals surface area contributed by atoms with E-state index in [9.17, 15) is 0 Å². The zero-order valence-corrected chi connectivity index (χ0v) is 11.4. The van der Waals surface area contributed by atoms with Gasteiger partial charge in [-0.1, -0.05) is 0 Å². The largest absolute Gasteiger partial charge is 0.375 e. The van der Waals surface area contributed by atoms with Gasteiger partial charge in [0, 0.05) is 38.2 Å². The first kappa shape index (κ1) is 13.2. The molecule has 2 rings (SSSR count). The predicted molar refractivity (Wildman–Crippen MR) is 76.0 cm³/mol. The van der Waals surface area contributed by atoms with E-state index in [1.54, 1.807) is 0 Å². The van der Waals surface area contributed by atoms with E-state index in [4.69, 9.17) is 5.26 Å². The molecule has 19 heavy (non-hydrogen) atoms. The fraction of sp³-hybridized carbons (Fsp3) is 0.333. The SMILES string of the molecule is Cc1nccn1CCCN(C)c1ccc(C#N)cc1. The van der Waals surface area contributed by atoms with Gasteiger partial charge in [-0.15, -0.1) is 0 Å². The summed E-state index contributed by atoms with van der Waals surface area (Å²) in [6, 6.07) is 9.81. The number of nitrogens with zero attached hydrogens (tertiary/aromatic N) is 4. The Morgan fingerprint density at radius 2 is 2.05 bits per heavy atom. The minimum Gasteiger partial charge on any atom is -0.375 e. The molecule has 0 saturated heterocycles. The van der Waals surface area contributed by atoms with Gasteiger partial charge in [-0.25, -0.2) is 4.98 Å². The molecule has 0 aliphatic rings. The number of aryl methyl sites for hydroxylation is 2. The summed E-state index contributed by atoms with van der Waals surface area (Å²) in [5.41, 5.74) is 1.84. The predicted octanol–water partition coefficient (Wildman–Crippen LogP) is 2.59. The number of benzene rings is 1. The van der Waals surface area contributed by atoms with Crippen LogP contribution in [-0.2, 0) is 6.54 Å². The molecule has 1 aromatic carbocycles. The molecule has 1 aromatic heterocycles. The number of hydrogen-bond donors (Lipinski definition) is 0. The molecule has 98 valence electrons. The fourth-order valence-corrected chi connectivity index (χ4v) is 2.04. The van der Waals surface area contributed by atoms with Crippen molar-refractivity contribution in [3.05, 3.63) is 48.0 Å². The molecule has 1 heterocycles. The number of nitriles is 1. The third-order valence-corrected chi connectivity index (χ3v) is 3.25. The summed E-state index contributed by atoms with van der Waals surface area (Å²) < 4.78 is 2.16. The average molecular weight is 254 g/mol. The summed E-state index contributed by atoms with van der Waals surface area (Å²) in [4.78, 5) is 6.41. The molecular formula is C15H18N4. The van der Waals surface area contributed by atoms with Crippen molar-refractivity contribution in [3.8, 4) is 6.07 Å². The van der Waals surface area contributed by atoms with Crippen molar-refractivity contribution in [1.82, 2.24) is 9.55 Å². The summed E-state index contributed by atoms with van der Waals surface area (Å²) in [5, 5.41) is 8.77. The number of aromatic nitrogens is 2. The Balaban J connectivity index is 1.85. The fourth-order valence-electron chi connectivity index (χ4n) is 2.04. The van der Waals surface area contributed by atoms with E-state index in [1.807, 2.05) is 43.6 Å². The van der Waals surface area contributed by atoms with Gasteiger partial charge in [0.15, 0.2) is 0 Å². The second-order valence-electron chi connectivity index (χ2n) is 4.60. The molecule has 0 atom stereocenters. The summed E-state index contributed by atoms with van der Waals surface area (Å²) in [5.74, 6) is 1.06. The van der Waals surface area contributed by atoms with Crippen molar-refractivity contribution in [2.75, 3.05) is 18.5 Å². The van der Waals surface area contributed by atoms with Gasteiger partial charge >= 0.3 is 0 Å². The Labute approximate surface area is 113 Å². The van der Waals surface area contributed by atoms with Crippen LogP contribution < -0.4 is 4.90 Å². The lowest BCUT2D eigenvalue weighted by molar-refractivity contribution is 0.623. The van der Waals surface area contributed by atoms with Crippen LogP contribution in [0.5, 0.6) is 0 Å². The first-order valence-corrected chi connectivity index (χ1v) is 6.40. The van der Waals surface area contributed by atoms with Gasteiger partial charge in [0.25, 0.3) is 0 Å². The van der Waals surface area contributed by atoms with Gasteiger partial charge in [0.2, 0.25) is 0 Å². The molecule has 0 aliphatic carbocycles. The third kappa shape index (κ3) is 3.35. The van der Waals surface area contributed by atoms with Gasteiger partial charge in [0.05, 0.1) is 11.6 Å². The first-order chi connectivity index (χ1) is 9.20. The number of anilines is 1. The van der Waals surface area contributed by atoms with Crippen molar-refractivity contribution in [3.63, 3.8) is 0 Å². The normalized spacial score (nSPS) is 10.2. The Kier molecular flexibility index (Phi) is 4.19. The van der Waals surface area contributed by atoms with Gasteiger partial charge in [0.1, 0.15) is 5.82 Å². The average Bonchev–Trinajstić information content (AvgIpc) is 2.84. The van der Waals surface area contributed by atoms with E-state index in [-0.39, 0.29) is 0 Å². The van der Waals surface area contributed by atoms with E-state index in [2.05, 4.69) is 27.6 Å². The maximum atomic E-state index is 8.77. The lowest BCUT2D eigenvalue weighted by atomic mass is 10.2. The third-order valence-electron chi connectivity index (χ3n) is 3.25. The summed E-state index contributed by atoms with van der Waals surface area (Å²) in [7, 11) is 2.07. The van der Waals surface area contributed by atoms with Gasteiger partial charge < -0.3 is 9.47 Å². The first-order valence-electron chi connectivity index (χ1n) is 6.40. The molecular weight excluding hydrogens is 236 g/mol. The lowest BCUT2D eigenvalue weighted by Gasteiger charge is -2.19. The van der Waals surface area contributed by atoms with E-state index in [1.165, 1.54) is 0 Å². The van der Waals surface area contributed by atoms with Gasteiger partial charge in [-0.2, -0.15) is 5.26 Å². The maximum absolute atomic E-state index is 8.77. The van der Waals surface area contributed by atoms with E-state index in [0.717, 1.165) is 31.0 Å². The van der Waals surface area contributed by atoms with Gasteiger partial charge in [-0.05, 0) is 37.6 Å². The van der Waals surface area contributed by atoms with Crippen LogP contribution >= 0.6 is 0 Å². The summed E-state index contributed by atoms with van der Waals surface area (Å²) in [6.45, 7) is 3.97. The highest BCUT2D eigenvalue weighted by Crippen LogP contribution is 2.13. The topological polar surface area (TPSA) is 44.9 Å². The van der Waals surface area contributed by atoms with Crippen molar-refractivity contribution >= 4 is 5.69 Å². The van der Waals surface area contributed by atoms with Crippen LogP contribution in [0.1, 0.15) is 17.8 Å². The van der Waals surface area contributed by atoms with Crippen molar-refractivity contribution < 1.29 is 0 Å². The summed E-state index contributed by atoms with van der Waals surface area (Å²) >= 11 is 0. The Morgan fingerprint density at radius 3 is 2.63 bits per heavy atom. The highest BCUT2D eigenvalue weighted by Gasteiger charge is 2.02. The van der Waals surface area contributed by atoms with E-state index >= 15 is 0 Å². The van der Waals surface area contributed by atoms with Crippen LogP contribution in [0.4, 0.5) is 5.69 Å². The zero-order chi connectivity index (χ0) is 13.7. The smallest absolute Gasteiger partial charge is 0.105 e. The Hall–Kier alpha value is -2.28. The lowest BCUT2D eigenvalue weighted by Crippen LogP contribution is -2.19. The highest BCUT2D eigenvalue weighted by atomic mass is 15.1. The Morgan fingerprint density at radius 1 is 1.32 bits per heavy atom. The molecule has 0 radical (unpaired) electrons. The van der Waals surface area contributed by atoms with Crippen LogP contribution in [0.3, 0.4) is 0 Å². The maximum Gasteiger partial charge on any atom is 0.105 e. The quantitative estimate of drug-likeness (QED) is 0.823. The monoisotopic (exact) mass is 254 g/mol. The van der Waals surface area contributed by atoms with Crippen molar-refractivity contribution in [2.24, 2.45) is 0 Å². The molecule has 0 aliphatic heterocycles. The minimum atomic E-state index is 0.700. The highest BCUT2D eigenvalue weighted by molar-refractivity contribution is 5.48. The number of imidazole rings is 1. The van der Waals surface area contributed by atoms with Crippen LogP contribution in [0, 0.1) is 18.3 Å². The Bertz CT molecular complexity index is 563. The summed E-state index contributed by atoms with van der Waals surface area (Å²) in [6.07, 6.45) is 4.91. The van der Waals surface area contributed by atoms with Crippen LogP contribution in [-0.4, -0.2) is 23.1 Å². The molecule has 4 nitrogen and oxygen atoms in total. The zero-order valence-electron chi connectivity index (χ0n) is 11.4. The standard InChI is InChI=1S/C15H18N4/c1-13-17-8-11-19(13)10-3-9-18(2)15-6-4-14(12-16)5-7-15/h4-8,11H,3,9-10H2,1-2H3. The molecule has 2 aromatic rings. The van der Waals surface area contributed by atoms with Crippen molar-refractivity contribution in [1.29, 1.82) is 5.26 Å². The van der Waals surface area contributed by atoms with Crippen LogP contribution in [0.15, 0.2) is 36.7 Å². The molecule has 0 spiro atoms. The molecule has 0 unspecified atom stereocenters. The van der Waals surface area contributed by atoms with Crippen molar-refractivity contribution in [2.45, 2.75) is 19.9 Å². The molecule has 0 fully saturated rings. The van der Waals surface area contributed by atoms with E-state index in [0.29, 0.717) is 5.56 Å². The number of rotatable bonds is 5. The second-order valence-corrected chi connectivity index (χ2v) is 4.60. The van der Waals surface area contributed by atoms with Crippen LogP contribution in [0.2, 0.25) is 0 Å². The molecule has 0 N–H and O–H groups in total. The second kappa shape index (κ2) is 6.05. The van der Waals surface area contributed by atoms with E-state index < -0.39 is 0 Å². The molecule has 0 bridgehead atoms. The van der Waals surface area contributed by atoms with Gasteiger partial charge in [-0.3, -0.25) is 0 Å². The van der Waals surface area contributed by atoms with Crippen LogP contribution in [0.25, 0.3) is 0 Å². The molecule has 0 saturated carbocycles. The molecule has 0 amide bonds.